The van der Waals surface area contributed by atoms with Crippen LogP contribution in [0.25, 0.3) is 0 Å². The minimum Gasteiger partial charge on any atom is -0.480 e. The fourth-order valence-corrected chi connectivity index (χ4v) is 3.49. The normalized spacial score (nSPS) is 35.6. The van der Waals surface area contributed by atoms with Gasteiger partial charge in [0.05, 0.1) is 6.61 Å². The summed E-state index contributed by atoms with van der Waals surface area (Å²) in [7, 11) is 0. The molecule has 19 heavy (non-hydrogen) atoms. The van der Waals surface area contributed by atoms with Gasteiger partial charge in [-0.3, -0.25) is 9.59 Å². The molecule has 0 aromatic heterocycles. The number of aliphatic carboxylic acids is 1. The lowest BCUT2D eigenvalue weighted by Gasteiger charge is -2.36. The van der Waals surface area contributed by atoms with Gasteiger partial charge in [-0.25, -0.2) is 0 Å². The third-order valence-corrected chi connectivity index (χ3v) is 4.66. The highest BCUT2D eigenvalue weighted by molar-refractivity contribution is 6.01. The van der Waals surface area contributed by atoms with E-state index in [9.17, 15) is 14.7 Å². The predicted molar refractivity (Wildman–Crippen MR) is 70.5 cm³/mol. The summed E-state index contributed by atoms with van der Waals surface area (Å²) in [6.07, 6.45) is 7.88. The molecule has 0 amide bonds. The van der Waals surface area contributed by atoms with Gasteiger partial charge in [-0.05, 0) is 25.2 Å². The van der Waals surface area contributed by atoms with Crippen LogP contribution in [-0.2, 0) is 14.3 Å². The first-order valence-electron chi connectivity index (χ1n) is 7.06. The molecule has 4 nitrogen and oxygen atoms in total. The van der Waals surface area contributed by atoms with E-state index >= 15 is 0 Å². The van der Waals surface area contributed by atoms with Crippen LogP contribution in [0.2, 0.25) is 0 Å². The van der Waals surface area contributed by atoms with Crippen LogP contribution in [0.1, 0.15) is 46.0 Å². The van der Waals surface area contributed by atoms with Gasteiger partial charge in [0, 0.05) is 5.41 Å². The molecule has 3 unspecified atom stereocenters. The molecule has 106 valence electrons. The average molecular weight is 266 g/mol. The van der Waals surface area contributed by atoms with Gasteiger partial charge in [-0.15, -0.1) is 0 Å². The number of allylic oxidation sites excluding steroid dienone is 2. The number of carbonyl (C=O) groups excluding carboxylic acids is 1. The lowest BCUT2D eigenvalue weighted by molar-refractivity contribution is -0.175. The molecule has 0 spiro atoms. The number of hydrogen-bond acceptors (Lipinski definition) is 3. The maximum absolute atomic E-state index is 12.3. The fourth-order valence-electron chi connectivity index (χ4n) is 3.49. The number of carbonyl (C=O) groups is 2. The van der Waals surface area contributed by atoms with E-state index in [0.29, 0.717) is 13.0 Å². The molecule has 3 atom stereocenters. The molecule has 0 aromatic carbocycles. The largest absolute Gasteiger partial charge is 0.480 e. The van der Waals surface area contributed by atoms with Gasteiger partial charge in [0.1, 0.15) is 0 Å². The molecule has 2 rings (SSSR count). The molecule has 4 heteroatoms. The highest BCUT2D eigenvalue weighted by Crippen LogP contribution is 2.61. The molecular weight excluding hydrogens is 244 g/mol. The Kier molecular flexibility index (Phi) is 3.70. The number of unbranched alkanes of at least 4 members (excludes halogenated alkanes) is 2. The number of carboxylic acid groups (broad SMARTS) is 1. The van der Waals surface area contributed by atoms with E-state index in [-0.39, 0.29) is 5.92 Å². The monoisotopic (exact) mass is 266 g/mol. The van der Waals surface area contributed by atoms with Gasteiger partial charge < -0.3 is 9.84 Å². The van der Waals surface area contributed by atoms with Crippen LogP contribution in [0.4, 0.5) is 0 Å². The number of fused-ring (bicyclic) bond motifs is 2. The van der Waals surface area contributed by atoms with E-state index in [1.165, 1.54) is 0 Å². The van der Waals surface area contributed by atoms with Crippen molar-refractivity contribution < 1.29 is 19.4 Å². The molecule has 1 saturated carbocycles. The highest BCUT2D eigenvalue weighted by atomic mass is 16.5. The van der Waals surface area contributed by atoms with Gasteiger partial charge >= 0.3 is 11.9 Å². The van der Waals surface area contributed by atoms with Gasteiger partial charge in [-0.1, -0.05) is 38.8 Å². The quantitative estimate of drug-likeness (QED) is 0.347. The van der Waals surface area contributed by atoms with Crippen LogP contribution in [0.5, 0.6) is 0 Å². The second kappa shape index (κ2) is 4.99. The minimum atomic E-state index is -1.38. The number of esters is 1. The summed E-state index contributed by atoms with van der Waals surface area (Å²) < 4.78 is 5.26. The zero-order chi connectivity index (χ0) is 14.1. The summed E-state index contributed by atoms with van der Waals surface area (Å²) >= 11 is 0. The van der Waals surface area contributed by atoms with Crippen molar-refractivity contribution in [3.8, 4) is 0 Å². The molecule has 0 saturated heterocycles. The Morgan fingerprint density at radius 2 is 2.11 bits per heavy atom. The Hall–Kier alpha value is -1.32. The Morgan fingerprint density at radius 3 is 2.58 bits per heavy atom. The number of rotatable bonds is 6. The van der Waals surface area contributed by atoms with Crippen LogP contribution in [-0.4, -0.2) is 23.7 Å². The summed E-state index contributed by atoms with van der Waals surface area (Å²) in [5.74, 6) is -1.39. The molecule has 1 fully saturated rings. The molecule has 0 aromatic rings. The second-order valence-corrected chi connectivity index (χ2v) is 6.00. The van der Waals surface area contributed by atoms with Crippen LogP contribution in [0.15, 0.2) is 12.2 Å². The van der Waals surface area contributed by atoms with Crippen molar-refractivity contribution in [3.63, 3.8) is 0 Å². The van der Waals surface area contributed by atoms with E-state index in [1.807, 2.05) is 19.1 Å². The standard InChI is InChI=1S/C15H22O4/c1-3-4-5-8-19-13(18)15(12(16)17)10-11-6-7-14(15,2)9-11/h6-7,11H,3-5,8-10H2,1-2H3,(H,16,17). The van der Waals surface area contributed by atoms with Crippen molar-refractivity contribution >= 4 is 11.9 Å². The fraction of sp³-hybridized carbons (Fsp3) is 0.733. The second-order valence-electron chi connectivity index (χ2n) is 6.00. The van der Waals surface area contributed by atoms with Crippen molar-refractivity contribution in [2.75, 3.05) is 6.61 Å². The average Bonchev–Trinajstić information content (AvgIpc) is 2.87. The van der Waals surface area contributed by atoms with E-state index < -0.39 is 22.8 Å². The number of ether oxygens (including phenoxy) is 1. The zero-order valence-electron chi connectivity index (χ0n) is 11.6. The third kappa shape index (κ3) is 2.07. The van der Waals surface area contributed by atoms with E-state index in [1.54, 1.807) is 0 Å². The summed E-state index contributed by atoms with van der Waals surface area (Å²) in [5, 5.41) is 9.59. The number of hydrogen-bond donors (Lipinski definition) is 1. The molecule has 2 aliphatic rings. The maximum atomic E-state index is 12.3. The van der Waals surface area contributed by atoms with E-state index in [4.69, 9.17) is 4.74 Å². The van der Waals surface area contributed by atoms with Crippen molar-refractivity contribution in [3.05, 3.63) is 12.2 Å². The van der Waals surface area contributed by atoms with Gasteiger partial charge in [0.2, 0.25) is 0 Å². The van der Waals surface area contributed by atoms with E-state index in [0.717, 1.165) is 25.7 Å². The maximum Gasteiger partial charge on any atom is 0.324 e. The minimum absolute atomic E-state index is 0.198. The predicted octanol–water partition coefficient (Wildman–Crippen LogP) is 2.78. The lowest BCUT2D eigenvalue weighted by Crippen LogP contribution is -2.49. The van der Waals surface area contributed by atoms with E-state index in [2.05, 4.69) is 6.92 Å². The molecular formula is C15H22O4. The topological polar surface area (TPSA) is 63.6 Å². The molecule has 1 N–H and O–H groups in total. The molecule has 2 bridgehead atoms. The SMILES string of the molecule is CCCCCOC(=O)C1(C(=O)O)CC2C=CC1(C)C2. The van der Waals surface area contributed by atoms with Gasteiger partial charge in [0.15, 0.2) is 5.41 Å². The summed E-state index contributed by atoms with van der Waals surface area (Å²) in [6, 6.07) is 0. The smallest absolute Gasteiger partial charge is 0.324 e. The first kappa shape index (κ1) is 14.1. The van der Waals surface area contributed by atoms with Gasteiger partial charge in [0.25, 0.3) is 0 Å². The highest BCUT2D eigenvalue weighted by Gasteiger charge is 2.66. The van der Waals surface area contributed by atoms with Gasteiger partial charge in [-0.2, -0.15) is 0 Å². The van der Waals surface area contributed by atoms with Crippen molar-refractivity contribution in [2.24, 2.45) is 16.7 Å². The molecule has 0 aliphatic heterocycles. The first-order valence-corrected chi connectivity index (χ1v) is 7.06. The van der Waals surface area contributed by atoms with Crippen molar-refractivity contribution in [1.29, 1.82) is 0 Å². The van der Waals surface area contributed by atoms with Crippen LogP contribution in [0, 0.1) is 16.7 Å². The van der Waals surface area contributed by atoms with Crippen LogP contribution in [0.3, 0.4) is 0 Å². The Labute approximate surface area is 113 Å². The van der Waals surface area contributed by atoms with Crippen LogP contribution < -0.4 is 0 Å². The molecule has 2 aliphatic carbocycles. The molecule has 0 radical (unpaired) electrons. The van der Waals surface area contributed by atoms with Crippen LogP contribution >= 0.6 is 0 Å². The van der Waals surface area contributed by atoms with Crippen molar-refractivity contribution in [1.82, 2.24) is 0 Å². The summed E-state index contributed by atoms with van der Waals surface area (Å²) in [6.45, 7) is 4.26. The molecule has 0 heterocycles. The third-order valence-electron chi connectivity index (χ3n) is 4.66. The first-order chi connectivity index (χ1) is 8.96. The zero-order valence-corrected chi connectivity index (χ0v) is 11.6. The summed E-state index contributed by atoms with van der Waals surface area (Å²) in [5.41, 5.74) is -1.97. The Balaban J connectivity index is 2.11. The lowest BCUT2D eigenvalue weighted by atomic mass is 9.66. The Bertz CT molecular complexity index is 414. The number of carboxylic acids is 1. The van der Waals surface area contributed by atoms with Crippen molar-refractivity contribution in [2.45, 2.75) is 46.0 Å². The Morgan fingerprint density at radius 1 is 1.37 bits per heavy atom. The summed E-state index contributed by atoms with van der Waals surface area (Å²) in [4.78, 5) is 24.0.